The van der Waals surface area contributed by atoms with Gasteiger partial charge in [0.05, 0.1) is 26.0 Å². The second-order valence-electron chi connectivity index (χ2n) is 12.2. The number of aromatic nitrogens is 2. The second kappa shape index (κ2) is 12.2. The molecule has 1 unspecified atom stereocenters. The summed E-state index contributed by atoms with van der Waals surface area (Å²) in [5.41, 5.74) is 0.554. The van der Waals surface area contributed by atoms with Crippen LogP contribution < -0.4 is 20.2 Å². The average Bonchev–Trinajstić information content (AvgIpc) is 3.62. The van der Waals surface area contributed by atoms with Crippen LogP contribution in [0.15, 0.2) is 24.3 Å². The van der Waals surface area contributed by atoms with Gasteiger partial charge in [0.1, 0.15) is 5.75 Å². The van der Waals surface area contributed by atoms with E-state index in [4.69, 9.17) is 17.4 Å². The molecule has 1 saturated heterocycles. The van der Waals surface area contributed by atoms with Crippen molar-refractivity contribution in [2.75, 3.05) is 37.6 Å². The molecule has 2 fully saturated rings. The molecule has 0 amide bonds. The zero-order valence-electron chi connectivity index (χ0n) is 26.6. The van der Waals surface area contributed by atoms with E-state index in [-0.39, 0.29) is 23.1 Å². The second-order valence-corrected chi connectivity index (χ2v) is 12.2. The number of phenols is 1. The largest absolute Gasteiger partial charge is 0.508 e. The molecule has 2 aromatic carbocycles. The van der Waals surface area contributed by atoms with Crippen LogP contribution in [0.4, 0.5) is 14.5 Å². The van der Waals surface area contributed by atoms with E-state index >= 15 is 4.39 Å². The van der Waals surface area contributed by atoms with Crippen LogP contribution in [0.5, 0.6) is 11.8 Å². The number of aromatic hydroxyl groups is 1. The Morgan fingerprint density at radius 1 is 1.12 bits per heavy atom. The van der Waals surface area contributed by atoms with E-state index in [9.17, 15) is 9.50 Å². The molecule has 1 aliphatic carbocycles. The molecule has 8 heteroatoms. The summed E-state index contributed by atoms with van der Waals surface area (Å²) in [6.07, 6.45) is 12.6. The van der Waals surface area contributed by atoms with Gasteiger partial charge in [-0.05, 0) is 69.1 Å². The monoisotopic (exact) mass is 578 g/mol. The molecule has 3 aromatic rings. The van der Waals surface area contributed by atoms with Gasteiger partial charge in [-0.25, -0.2) is 8.78 Å². The summed E-state index contributed by atoms with van der Waals surface area (Å²) in [6, 6.07) is 5.33. The highest BCUT2D eigenvalue weighted by Crippen LogP contribution is 2.47. The number of hydrogen-bond acceptors (Lipinski definition) is 6. The highest BCUT2D eigenvalue weighted by atomic mass is 19.2. The number of hydrogen-bond donors (Lipinski definition) is 1. The lowest BCUT2D eigenvalue weighted by atomic mass is 9.93. The molecule has 3 heterocycles. The number of benzene rings is 2. The van der Waals surface area contributed by atoms with Gasteiger partial charge in [0, 0.05) is 47.3 Å². The van der Waals surface area contributed by atoms with E-state index < -0.39 is 23.6 Å². The fraction of sp³-hybridized carbons (Fsp3) is 0.529. The van der Waals surface area contributed by atoms with Crippen LogP contribution in [0, 0.1) is 17.0 Å². The van der Waals surface area contributed by atoms with Gasteiger partial charge in [-0.1, -0.05) is 45.3 Å². The Kier molecular flexibility index (Phi) is 7.63. The van der Waals surface area contributed by atoms with E-state index in [0.29, 0.717) is 29.5 Å². The van der Waals surface area contributed by atoms with E-state index in [2.05, 4.69) is 18.7 Å². The molecule has 0 bridgehead atoms. The topological polar surface area (TPSA) is 61.7 Å². The van der Waals surface area contributed by atoms with Crippen molar-refractivity contribution in [1.29, 1.82) is 0 Å². The van der Waals surface area contributed by atoms with Gasteiger partial charge >= 0.3 is 6.01 Å². The van der Waals surface area contributed by atoms with Crippen molar-refractivity contribution < 1.29 is 21.4 Å². The Morgan fingerprint density at radius 3 is 2.67 bits per heavy atom. The molecule has 1 aromatic heterocycles. The number of halogens is 2. The molecule has 42 heavy (non-hydrogen) atoms. The third kappa shape index (κ3) is 5.96. The normalized spacial score (nSPS) is 19.5. The maximum absolute atomic E-state index is 15.1. The summed E-state index contributed by atoms with van der Waals surface area (Å²) < 4.78 is 53.6. The highest BCUT2D eigenvalue weighted by Gasteiger charge is 2.45. The van der Waals surface area contributed by atoms with Crippen molar-refractivity contribution in [3.8, 4) is 11.8 Å². The van der Waals surface area contributed by atoms with Gasteiger partial charge in [-0.3, -0.25) is 0 Å². The summed E-state index contributed by atoms with van der Waals surface area (Å²) in [6.45, 7) is 5.33. The minimum absolute atomic E-state index is 0.00474. The first-order valence-corrected chi connectivity index (χ1v) is 15.5. The molecule has 6 rings (SSSR count). The van der Waals surface area contributed by atoms with E-state index in [1.165, 1.54) is 18.2 Å². The lowest BCUT2D eigenvalue weighted by Gasteiger charge is -2.25. The fourth-order valence-electron chi connectivity index (χ4n) is 6.43. The predicted molar refractivity (Wildman–Crippen MR) is 163 cm³/mol. The van der Waals surface area contributed by atoms with Crippen LogP contribution in [-0.2, 0) is 0 Å². The van der Waals surface area contributed by atoms with Crippen molar-refractivity contribution in [1.82, 2.24) is 14.9 Å². The Bertz CT molecular complexity index is 1660. The molecule has 1 saturated carbocycles. The first kappa shape index (κ1) is 26.4. The van der Waals surface area contributed by atoms with Crippen molar-refractivity contribution in [3.63, 3.8) is 0 Å². The van der Waals surface area contributed by atoms with Gasteiger partial charge in [0.2, 0.25) is 0 Å². The maximum atomic E-state index is 15.1. The first-order valence-electron chi connectivity index (χ1n) is 16.5. The fourth-order valence-corrected chi connectivity index (χ4v) is 6.43. The molecular formula is C34H42F2N4O2. The van der Waals surface area contributed by atoms with Crippen molar-refractivity contribution >= 4 is 28.7 Å². The van der Waals surface area contributed by atoms with Crippen LogP contribution in [0.1, 0.15) is 86.0 Å². The minimum atomic E-state index is -1.95. The molecule has 0 radical (unpaired) electrons. The number of nitrogens with zero attached hydrogens (tertiary/aromatic N) is 4. The standard InChI is InChI=1S/C34H42F2N4O2/c1-3-5-6-9-23(4-2)32-26-12-17-40(29-19-25(41)18-24-10-11-27(35)31(36)30(24)29)20-28(26)37-33(38-32)42-22-34(13-14-34)21-39-15-7-8-16-39/h10-12,18-20,23,41H,3-9,13-17,21-22H2,1-2H3/i22D2. The van der Waals surface area contributed by atoms with E-state index in [1.807, 2.05) is 6.08 Å². The van der Waals surface area contributed by atoms with E-state index in [1.54, 1.807) is 11.1 Å². The number of likely N-dealkylation sites (tertiary alicyclic amines) is 1. The van der Waals surface area contributed by atoms with Crippen LogP contribution in [-0.4, -0.2) is 52.7 Å². The van der Waals surface area contributed by atoms with Crippen molar-refractivity contribution in [3.05, 3.63) is 52.2 Å². The predicted octanol–water partition coefficient (Wildman–Crippen LogP) is 5.98. The highest BCUT2D eigenvalue weighted by molar-refractivity contribution is 5.98. The summed E-state index contributed by atoms with van der Waals surface area (Å²) >= 11 is 0. The van der Waals surface area contributed by atoms with Gasteiger partial charge in [-0.2, -0.15) is 9.97 Å². The summed E-state index contributed by atoms with van der Waals surface area (Å²) in [5, 5.41) is 12.3. The number of phenolic OH excluding ortho intramolecular Hbond substituents is 1. The molecule has 6 nitrogen and oxygen atoms in total. The van der Waals surface area contributed by atoms with Crippen LogP contribution in [0.3, 0.4) is 0 Å². The molecular weight excluding hydrogens is 534 g/mol. The minimum Gasteiger partial charge on any atom is -0.508 e. The lowest BCUT2D eigenvalue weighted by Crippen LogP contribution is -2.42. The third-order valence-corrected chi connectivity index (χ3v) is 9.01. The Labute approximate surface area is 249 Å². The quantitative estimate of drug-likeness (QED) is 0.267. The van der Waals surface area contributed by atoms with Gasteiger partial charge in [0.15, 0.2) is 11.6 Å². The van der Waals surface area contributed by atoms with Crippen molar-refractivity contribution in [2.45, 2.75) is 77.6 Å². The summed E-state index contributed by atoms with van der Waals surface area (Å²) in [5.74, 6) is -1.87. The van der Waals surface area contributed by atoms with E-state index in [0.717, 1.165) is 87.9 Å². The third-order valence-electron chi connectivity index (χ3n) is 9.01. The Hall–Kier alpha value is -3.26. The molecule has 0 spiro atoms. The molecule has 1 atom stereocenters. The molecule has 2 aliphatic heterocycles. The lowest BCUT2D eigenvalue weighted by molar-refractivity contribution is 0.169. The average molecular weight is 579 g/mol. The summed E-state index contributed by atoms with van der Waals surface area (Å²) in [7, 11) is 0. The number of unbranched alkanes of at least 4 members (excludes halogenated alkanes) is 2. The van der Waals surface area contributed by atoms with Crippen LogP contribution >= 0.6 is 0 Å². The summed E-state index contributed by atoms with van der Waals surface area (Å²) in [4.78, 5) is 13.7. The van der Waals surface area contributed by atoms with Crippen LogP contribution in [0.2, 0.25) is 0 Å². The number of anilines is 1. The molecule has 1 N–H and O–H groups in total. The van der Waals surface area contributed by atoms with Gasteiger partial charge in [0.25, 0.3) is 0 Å². The SMILES string of the molecule is [2H]C([2H])(Oc1nc(C(CC)CCCCC)c2c(n1)=CN(c1cc(O)cc3ccc(F)c(F)c13)CC=2)C1(CN2CCCC2)CC1. The zero-order chi connectivity index (χ0) is 31.1. The number of rotatable bonds is 12. The van der Waals surface area contributed by atoms with Gasteiger partial charge < -0.3 is 19.6 Å². The Balaban J connectivity index is 1.42. The number of fused-ring (bicyclic) bond motifs is 2. The number of ether oxygens (including phenoxy) is 1. The Morgan fingerprint density at radius 2 is 1.93 bits per heavy atom. The maximum Gasteiger partial charge on any atom is 0.317 e. The van der Waals surface area contributed by atoms with Crippen LogP contribution in [0.25, 0.3) is 23.0 Å². The smallest absolute Gasteiger partial charge is 0.317 e. The first-order chi connectivity index (χ1) is 21.1. The van der Waals surface area contributed by atoms with Gasteiger partial charge in [-0.15, -0.1) is 0 Å². The molecule has 3 aliphatic rings. The molecule has 224 valence electrons. The zero-order valence-corrected chi connectivity index (χ0v) is 24.6. The van der Waals surface area contributed by atoms with Crippen molar-refractivity contribution in [2.24, 2.45) is 5.41 Å².